The van der Waals surface area contributed by atoms with E-state index in [-0.39, 0.29) is 0 Å². The lowest BCUT2D eigenvalue weighted by atomic mass is 10.1. The van der Waals surface area contributed by atoms with Crippen LogP contribution in [0, 0.1) is 6.92 Å². The molecule has 0 fully saturated rings. The first kappa shape index (κ1) is 12.6. The van der Waals surface area contributed by atoms with Crippen LogP contribution in [0.2, 0.25) is 0 Å². The van der Waals surface area contributed by atoms with Gasteiger partial charge in [-0.3, -0.25) is 0 Å². The second-order valence-electron chi connectivity index (χ2n) is 5.26. The Labute approximate surface area is 131 Å². The molecular weight excluding hydrogens is 324 g/mol. The molecule has 0 unspecified atom stereocenters. The largest absolute Gasteiger partial charge is 0.239 e. The van der Waals surface area contributed by atoms with Gasteiger partial charge in [0, 0.05) is 17.1 Å². The Balaban J connectivity index is 2.03. The Hall–Kier alpha value is -2.13. The number of aryl methyl sites for hydroxylation is 1. The average Bonchev–Trinajstić information content (AvgIpc) is 2.82. The number of benzene rings is 2. The minimum Gasteiger partial charge on any atom is -0.239 e. The summed E-state index contributed by atoms with van der Waals surface area (Å²) in [4.78, 5) is 0. The summed E-state index contributed by atoms with van der Waals surface area (Å²) in [6, 6.07) is 18.9. The third kappa shape index (κ3) is 2.05. The summed E-state index contributed by atoms with van der Waals surface area (Å²) < 4.78 is 2.99. The number of rotatable bonds is 1. The minimum atomic E-state index is 0.981. The van der Waals surface area contributed by atoms with E-state index in [0.29, 0.717) is 0 Å². The van der Waals surface area contributed by atoms with Crippen molar-refractivity contribution in [3.05, 3.63) is 70.8 Å². The first-order chi connectivity index (χ1) is 10.2. The van der Waals surface area contributed by atoms with Crippen molar-refractivity contribution in [3.8, 4) is 11.3 Å². The summed E-state index contributed by atoms with van der Waals surface area (Å²) in [5, 5.41) is 7.16. The van der Waals surface area contributed by atoms with E-state index in [1.165, 1.54) is 16.3 Å². The van der Waals surface area contributed by atoms with Gasteiger partial charge in [0.1, 0.15) is 5.69 Å². The van der Waals surface area contributed by atoms with E-state index in [4.69, 9.17) is 5.10 Å². The van der Waals surface area contributed by atoms with Crippen molar-refractivity contribution in [1.82, 2.24) is 9.61 Å². The second-order valence-corrected chi connectivity index (χ2v) is 6.06. The molecule has 4 aromatic rings. The second kappa shape index (κ2) is 4.71. The van der Waals surface area contributed by atoms with Crippen LogP contribution in [0.1, 0.15) is 5.56 Å². The number of fused-ring (bicyclic) bond motifs is 2. The predicted molar refractivity (Wildman–Crippen MR) is 90.6 cm³/mol. The van der Waals surface area contributed by atoms with Gasteiger partial charge in [0.15, 0.2) is 0 Å². The van der Waals surface area contributed by atoms with Crippen LogP contribution < -0.4 is 0 Å². The van der Waals surface area contributed by atoms with Crippen LogP contribution in [-0.2, 0) is 0 Å². The minimum absolute atomic E-state index is 0.981. The van der Waals surface area contributed by atoms with Crippen LogP contribution in [0.25, 0.3) is 27.5 Å². The average molecular weight is 337 g/mol. The first-order valence-corrected chi connectivity index (χ1v) is 7.65. The van der Waals surface area contributed by atoms with Crippen LogP contribution in [-0.4, -0.2) is 9.61 Å². The summed E-state index contributed by atoms with van der Waals surface area (Å²) in [7, 11) is 0. The van der Waals surface area contributed by atoms with Crippen LogP contribution in [0.5, 0.6) is 0 Å². The van der Waals surface area contributed by atoms with Crippen LogP contribution in [0.3, 0.4) is 0 Å². The number of hydrogen-bond acceptors (Lipinski definition) is 1. The third-order valence-electron chi connectivity index (χ3n) is 3.73. The maximum absolute atomic E-state index is 4.74. The van der Waals surface area contributed by atoms with E-state index in [1.54, 1.807) is 0 Å². The van der Waals surface area contributed by atoms with Crippen LogP contribution in [0.15, 0.2) is 65.3 Å². The van der Waals surface area contributed by atoms with E-state index >= 15 is 0 Å². The lowest BCUT2D eigenvalue weighted by Crippen LogP contribution is -1.87. The number of aromatic nitrogens is 2. The Morgan fingerprint density at radius 1 is 0.952 bits per heavy atom. The topological polar surface area (TPSA) is 17.3 Å². The van der Waals surface area contributed by atoms with Gasteiger partial charge < -0.3 is 0 Å². The highest BCUT2D eigenvalue weighted by atomic mass is 79.9. The predicted octanol–water partition coefficient (Wildman–Crippen LogP) is 5.23. The summed E-state index contributed by atoms with van der Waals surface area (Å²) in [6.45, 7) is 2.10. The van der Waals surface area contributed by atoms with Crippen molar-refractivity contribution in [2.24, 2.45) is 0 Å². The van der Waals surface area contributed by atoms with Crippen molar-refractivity contribution < 1.29 is 0 Å². The number of pyridine rings is 1. The maximum atomic E-state index is 4.74. The molecule has 0 aliphatic carbocycles. The molecule has 21 heavy (non-hydrogen) atoms. The Bertz CT molecular complexity index is 969. The van der Waals surface area contributed by atoms with Gasteiger partial charge in [-0.05, 0) is 40.4 Å². The number of nitrogens with zero attached hydrogens (tertiary/aromatic N) is 2. The van der Waals surface area contributed by atoms with Gasteiger partial charge in [-0.2, -0.15) is 5.10 Å². The van der Waals surface area contributed by atoms with Gasteiger partial charge >= 0.3 is 0 Å². The van der Waals surface area contributed by atoms with Gasteiger partial charge in [-0.1, -0.05) is 48.0 Å². The molecule has 0 amide bonds. The first-order valence-electron chi connectivity index (χ1n) is 6.86. The fourth-order valence-electron chi connectivity index (χ4n) is 2.67. The van der Waals surface area contributed by atoms with E-state index in [0.717, 1.165) is 21.2 Å². The molecule has 4 rings (SSSR count). The molecule has 0 saturated heterocycles. The number of hydrogen-bond donors (Lipinski definition) is 0. The highest BCUT2D eigenvalue weighted by Crippen LogP contribution is 2.32. The molecule has 0 N–H and O–H groups in total. The van der Waals surface area contributed by atoms with Gasteiger partial charge in [0.05, 0.1) is 9.99 Å². The molecule has 3 heteroatoms. The smallest absolute Gasteiger partial charge is 0.108 e. The molecule has 0 spiro atoms. The summed E-state index contributed by atoms with van der Waals surface area (Å²) in [5.74, 6) is 0. The molecule has 102 valence electrons. The molecule has 0 atom stereocenters. The lowest BCUT2D eigenvalue weighted by molar-refractivity contribution is 0.974. The van der Waals surface area contributed by atoms with E-state index < -0.39 is 0 Å². The third-order valence-corrected chi connectivity index (χ3v) is 4.51. The molecule has 0 aliphatic heterocycles. The van der Waals surface area contributed by atoms with Gasteiger partial charge in [0.25, 0.3) is 0 Å². The van der Waals surface area contributed by atoms with Crippen molar-refractivity contribution in [2.45, 2.75) is 6.92 Å². The zero-order chi connectivity index (χ0) is 14.4. The fourth-order valence-corrected chi connectivity index (χ4v) is 3.28. The molecule has 2 nitrogen and oxygen atoms in total. The van der Waals surface area contributed by atoms with Gasteiger partial charge in [0.2, 0.25) is 0 Å². The fraction of sp³-hybridized carbons (Fsp3) is 0.0556. The number of halogens is 1. The van der Waals surface area contributed by atoms with Crippen LogP contribution >= 0.6 is 15.9 Å². The quantitative estimate of drug-likeness (QED) is 0.465. The molecular formula is C18H13BrN2. The monoisotopic (exact) mass is 336 g/mol. The summed E-state index contributed by atoms with van der Waals surface area (Å²) in [5.41, 5.74) is 4.44. The zero-order valence-corrected chi connectivity index (χ0v) is 13.1. The van der Waals surface area contributed by atoms with Crippen LogP contribution in [0.4, 0.5) is 0 Å². The van der Waals surface area contributed by atoms with E-state index in [9.17, 15) is 0 Å². The maximum Gasteiger partial charge on any atom is 0.108 e. The van der Waals surface area contributed by atoms with Gasteiger partial charge in [-0.25, -0.2) is 4.52 Å². The van der Waals surface area contributed by atoms with Crippen molar-refractivity contribution >= 4 is 32.2 Å². The van der Waals surface area contributed by atoms with Crippen molar-refractivity contribution in [2.75, 3.05) is 0 Å². The Morgan fingerprint density at radius 3 is 2.57 bits per heavy atom. The normalized spacial score (nSPS) is 11.3. The van der Waals surface area contributed by atoms with E-state index in [1.807, 2.05) is 10.6 Å². The molecule has 0 radical (unpaired) electrons. The summed E-state index contributed by atoms with van der Waals surface area (Å²) >= 11 is 3.72. The highest BCUT2D eigenvalue weighted by Gasteiger charge is 2.12. The molecule has 0 bridgehead atoms. The molecule has 2 aromatic heterocycles. The molecule has 0 aliphatic rings. The van der Waals surface area contributed by atoms with Crippen molar-refractivity contribution in [3.63, 3.8) is 0 Å². The molecule has 0 saturated carbocycles. The molecule has 2 aromatic carbocycles. The summed E-state index contributed by atoms with van der Waals surface area (Å²) in [6.07, 6.45) is 2.08. The SMILES string of the molecule is Cc1cccc(-c2nn3cc4ccccc4cc3c2Br)c1. The lowest BCUT2D eigenvalue weighted by Gasteiger charge is -1.99. The molecule has 2 heterocycles. The van der Waals surface area contributed by atoms with E-state index in [2.05, 4.69) is 77.6 Å². The van der Waals surface area contributed by atoms with Crippen molar-refractivity contribution in [1.29, 1.82) is 0 Å². The Kier molecular flexibility index (Phi) is 2.82. The van der Waals surface area contributed by atoms with Gasteiger partial charge in [-0.15, -0.1) is 0 Å². The standard InChI is InChI=1S/C18H13BrN2/c1-12-5-4-8-14(9-12)18-17(19)16-10-13-6-2-3-7-15(13)11-21(16)20-18/h2-11H,1H3. The zero-order valence-electron chi connectivity index (χ0n) is 11.5. The highest BCUT2D eigenvalue weighted by molar-refractivity contribution is 9.10. The Morgan fingerprint density at radius 2 is 1.76 bits per heavy atom.